The quantitative estimate of drug-likeness (QED) is 0.611. The molecule has 10 heteroatoms. The van der Waals surface area contributed by atoms with E-state index in [0.29, 0.717) is 19.4 Å². The van der Waals surface area contributed by atoms with Gasteiger partial charge in [0.05, 0.1) is 23.2 Å². The molecule has 0 spiro atoms. The van der Waals surface area contributed by atoms with E-state index >= 15 is 0 Å². The number of pyridine rings is 1. The van der Waals surface area contributed by atoms with Gasteiger partial charge in [-0.3, -0.25) is 14.1 Å². The van der Waals surface area contributed by atoms with Crippen LogP contribution >= 0.6 is 22.6 Å². The van der Waals surface area contributed by atoms with Crippen LogP contribution in [0.2, 0.25) is 0 Å². The van der Waals surface area contributed by atoms with Crippen LogP contribution in [0.15, 0.2) is 23.0 Å². The molecule has 2 aromatic rings. The molecule has 4 rings (SSSR count). The van der Waals surface area contributed by atoms with E-state index in [0.717, 1.165) is 3.57 Å². The van der Waals surface area contributed by atoms with Gasteiger partial charge >= 0.3 is 0 Å². The molecule has 1 aromatic heterocycles. The Morgan fingerprint density at radius 3 is 2.70 bits per heavy atom. The van der Waals surface area contributed by atoms with Crippen molar-refractivity contribution in [3.05, 3.63) is 43.5 Å². The number of sulfonamides is 1. The first-order chi connectivity index (χ1) is 12.8. The molecule has 27 heavy (non-hydrogen) atoms. The van der Waals surface area contributed by atoms with E-state index in [1.54, 1.807) is 19.1 Å². The lowest BCUT2D eigenvalue weighted by molar-refractivity contribution is 0.358. The van der Waals surface area contributed by atoms with Crippen LogP contribution < -0.4 is 20.3 Å². The summed E-state index contributed by atoms with van der Waals surface area (Å²) >= 11 is 1.99. The third kappa shape index (κ3) is 3.40. The van der Waals surface area contributed by atoms with Gasteiger partial charge in [0.25, 0.3) is 5.56 Å². The van der Waals surface area contributed by atoms with Crippen LogP contribution in [0, 0.1) is 16.3 Å². The van der Waals surface area contributed by atoms with E-state index in [1.165, 1.54) is 10.6 Å². The van der Waals surface area contributed by atoms with Crippen LogP contribution in [0.25, 0.3) is 0 Å². The Balaban J connectivity index is 1.86. The highest BCUT2D eigenvalue weighted by molar-refractivity contribution is 14.1. The number of nitrogens with zero attached hydrogens (tertiary/aromatic N) is 1. The number of hydrogen-bond donors (Lipinski definition) is 2. The molecular weight excluding hydrogens is 488 g/mol. The summed E-state index contributed by atoms with van der Waals surface area (Å²) in [6, 6.07) is 4.61. The smallest absolute Gasteiger partial charge is 0.258 e. The average molecular weight is 505 g/mol. The predicted octanol–water partition coefficient (Wildman–Crippen LogP) is 2.94. The number of hydrogen-bond acceptors (Lipinski definition) is 5. The van der Waals surface area contributed by atoms with Crippen molar-refractivity contribution in [2.75, 3.05) is 16.6 Å². The Morgan fingerprint density at radius 1 is 1.30 bits per heavy atom. The summed E-state index contributed by atoms with van der Waals surface area (Å²) in [4.78, 5) is 12.6. The number of fused-ring (bicyclic) bond motifs is 1. The number of halogens is 2. The molecule has 144 valence electrons. The fourth-order valence-electron chi connectivity index (χ4n) is 3.00. The van der Waals surface area contributed by atoms with Crippen LogP contribution in [0.1, 0.15) is 18.4 Å². The first-order valence-electron chi connectivity index (χ1n) is 8.42. The summed E-state index contributed by atoms with van der Waals surface area (Å²) in [5.74, 6) is -0.345. The van der Waals surface area contributed by atoms with E-state index in [9.17, 15) is 17.6 Å². The summed E-state index contributed by atoms with van der Waals surface area (Å²) in [6.07, 6.45) is 1.19. The maximum Gasteiger partial charge on any atom is 0.258 e. The highest BCUT2D eigenvalue weighted by Crippen LogP contribution is 2.40. The molecule has 1 aliphatic carbocycles. The summed E-state index contributed by atoms with van der Waals surface area (Å²) in [6.45, 7) is 2.19. The van der Waals surface area contributed by atoms with Gasteiger partial charge in [0, 0.05) is 9.13 Å². The van der Waals surface area contributed by atoms with Crippen LogP contribution in [-0.2, 0) is 16.6 Å². The van der Waals surface area contributed by atoms with Crippen molar-refractivity contribution in [1.82, 2.24) is 4.57 Å². The van der Waals surface area contributed by atoms with Crippen LogP contribution in [-0.4, -0.2) is 24.8 Å². The van der Waals surface area contributed by atoms with Gasteiger partial charge < -0.3 is 10.1 Å². The zero-order chi connectivity index (χ0) is 19.3. The molecule has 1 aliphatic heterocycles. The van der Waals surface area contributed by atoms with Crippen molar-refractivity contribution in [2.24, 2.45) is 0 Å². The predicted molar refractivity (Wildman–Crippen MR) is 109 cm³/mol. The summed E-state index contributed by atoms with van der Waals surface area (Å²) < 4.78 is 49.6. The first kappa shape index (κ1) is 18.5. The minimum Gasteiger partial charge on any atom is -0.475 e. The van der Waals surface area contributed by atoms with Gasteiger partial charge in [0.15, 0.2) is 0 Å². The van der Waals surface area contributed by atoms with Gasteiger partial charge in [-0.2, -0.15) is 0 Å². The Morgan fingerprint density at radius 2 is 2.04 bits per heavy atom. The highest BCUT2D eigenvalue weighted by atomic mass is 127. The van der Waals surface area contributed by atoms with Gasteiger partial charge in [-0.05, 0) is 60.6 Å². The van der Waals surface area contributed by atoms with Gasteiger partial charge in [-0.15, -0.1) is 0 Å². The molecule has 1 aromatic carbocycles. The third-order valence-electron chi connectivity index (χ3n) is 4.60. The van der Waals surface area contributed by atoms with E-state index in [2.05, 4.69) is 10.0 Å². The minimum atomic E-state index is -3.60. The Bertz CT molecular complexity index is 1100. The molecule has 2 N–H and O–H groups in total. The maximum absolute atomic E-state index is 14.3. The van der Waals surface area contributed by atoms with Gasteiger partial charge in [0.2, 0.25) is 15.9 Å². The number of rotatable bonds is 5. The lowest BCUT2D eigenvalue weighted by Gasteiger charge is -2.19. The summed E-state index contributed by atoms with van der Waals surface area (Å²) in [5.41, 5.74) is 0.487. The first-order valence-corrected chi connectivity index (χ1v) is 11.0. The summed E-state index contributed by atoms with van der Waals surface area (Å²) in [5, 5.41) is 2.44. The normalized spacial score (nSPS) is 16.0. The number of benzene rings is 1. The van der Waals surface area contributed by atoms with E-state index in [-0.39, 0.29) is 40.7 Å². The van der Waals surface area contributed by atoms with Crippen molar-refractivity contribution in [3.63, 3.8) is 0 Å². The molecule has 1 fully saturated rings. The Labute approximate surface area is 169 Å². The molecule has 0 saturated heterocycles. The molecule has 0 atom stereocenters. The largest absolute Gasteiger partial charge is 0.475 e. The molecule has 0 bridgehead atoms. The van der Waals surface area contributed by atoms with E-state index in [4.69, 9.17) is 4.74 Å². The topological polar surface area (TPSA) is 89.4 Å². The molecule has 2 aliphatic rings. The fraction of sp³-hybridized carbons (Fsp3) is 0.353. The third-order valence-corrected chi connectivity index (χ3v) is 7.11. The number of anilines is 3. The molecule has 1 saturated carbocycles. The second-order valence-corrected chi connectivity index (χ2v) is 9.79. The van der Waals surface area contributed by atoms with Crippen molar-refractivity contribution in [1.29, 1.82) is 0 Å². The standard InChI is InChI=1S/C17H17FIN3O4S/c1-9-14(20-13-5-2-10(19)8-12(13)18)15(21-27(24,25)11-3-4-11)17-22(16(9)23)6-7-26-17/h2,5,8,11,20-21H,3-4,6-7H2,1H3. The highest BCUT2D eigenvalue weighted by Gasteiger charge is 2.38. The van der Waals surface area contributed by atoms with Gasteiger partial charge in [-0.1, -0.05) is 0 Å². The molecule has 0 amide bonds. The van der Waals surface area contributed by atoms with Crippen LogP contribution in [0.5, 0.6) is 5.88 Å². The molecule has 2 heterocycles. The van der Waals surface area contributed by atoms with Crippen molar-refractivity contribution >= 4 is 49.7 Å². The lowest BCUT2D eigenvalue weighted by Crippen LogP contribution is -2.25. The van der Waals surface area contributed by atoms with Gasteiger partial charge in [-0.25, -0.2) is 12.8 Å². The van der Waals surface area contributed by atoms with Crippen molar-refractivity contribution in [3.8, 4) is 5.88 Å². The Kier molecular flexibility index (Phi) is 4.57. The molecule has 0 unspecified atom stereocenters. The molecular formula is C17H17FIN3O4S. The van der Waals surface area contributed by atoms with Crippen molar-refractivity contribution < 1.29 is 17.5 Å². The summed E-state index contributed by atoms with van der Waals surface area (Å²) in [7, 11) is -3.60. The van der Waals surface area contributed by atoms with Crippen LogP contribution in [0.4, 0.5) is 21.5 Å². The number of ether oxygens (including phenoxy) is 1. The minimum absolute atomic E-state index is 0.146. The molecule has 7 nitrogen and oxygen atoms in total. The maximum atomic E-state index is 14.3. The van der Waals surface area contributed by atoms with Crippen LogP contribution in [0.3, 0.4) is 0 Å². The Hall–Kier alpha value is -1.82. The fourth-order valence-corrected chi connectivity index (χ4v) is 4.85. The second-order valence-electron chi connectivity index (χ2n) is 6.58. The zero-order valence-corrected chi connectivity index (χ0v) is 17.4. The van der Waals surface area contributed by atoms with Gasteiger partial charge in [0.1, 0.15) is 18.1 Å². The number of nitrogens with one attached hydrogen (secondary N) is 2. The van der Waals surface area contributed by atoms with Crippen molar-refractivity contribution in [2.45, 2.75) is 31.6 Å². The van der Waals surface area contributed by atoms with E-state index < -0.39 is 21.1 Å². The number of aromatic nitrogens is 1. The molecule has 0 radical (unpaired) electrons. The lowest BCUT2D eigenvalue weighted by atomic mass is 10.2. The monoisotopic (exact) mass is 505 g/mol. The SMILES string of the molecule is Cc1c(Nc2ccc(I)cc2F)c(NS(=O)(=O)C2CC2)c2n(c1=O)CCO2. The second kappa shape index (κ2) is 6.66. The van der Waals surface area contributed by atoms with E-state index in [1.807, 2.05) is 22.6 Å². The zero-order valence-electron chi connectivity index (χ0n) is 14.4. The average Bonchev–Trinajstić information content (AvgIpc) is 3.36.